The van der Waals surface area contributed by atoms with Crippen LogP contribution in [0, 0.1) is 63.7 Å². The van der Waals surface area contributed by atoms with Crippen molar-refractivity contribution in [3.63, 3.8) is 0 Å². The molecule has 0 saturated heterocycles. The van der Waals surface area contributed by atoms with Gasteiger partial charge < -0.3 is 11.3 Å². The first kappa shape index (κ1) is 31.5. The monoisotopic (exact) mass is 533 g/mol. The van der Waals surface area contributed by atoms with Crippen molar-refractivity contribution in [3.05, 3.63) is 63.7 Å². The molecule has 1 nitrogen and oxygen atoms in total. The first-order valence-electron chi connectivity index (χ1n) is 10.9. The summed E-state index contributed by atoms with van der Waals surface area (Å²) in [6.07, 6.45) is 27.8. The molecule has 0 heterocycles. The van der Waals surface area contributed by atoms with Gasteiger partial charge in [0, 0.05) is 6.54 Å². The van der Waals surface area contributed by atoms with Gasteiger partial charge in [-0.25, -0.2) is 12.8 Å². The topological polar surface area (TPSA) is 3.24 Å². The van der Waals surface area contributed by atoms with E-state index >= 15 is 0 Å². The number of nitrogens with zero attached hydrogens (tertiary/aromatic N) is 1. The molecule has 0 unspecified atom stereocenters. The van der Waals surface area contributed by atoms with Crippen LogP contribution < -0.4 is 0 Å². The van der Waals surface area contributed by atoms with Gasteiger partial charge in [0.2, 0.25) is 0 Å². The van der Waals surface area contributed by atoms with Crippen molar-refractivity contribution in [2.24, 2.45) is 0 Å². The van der Waals surface area contributed by atoms with Crippen LogP contribution in [0.1, 0.15) is 59.3 Å². The molecule has 0 amide bonds. The molecule has 3 heteroatoms. The maximum Gasteiger partial charge on any atom is 2.00 e. The Kier molecular flexibility index (Phi) is 27.6. The zero-order chi connectivity index (χ0) is 20.2. The molecule has 2 fully saturated rings. The van der Waals surface area contributed by atoms with E-state index in [1.54, 1.807) is 13.3 Å². The van der Waals surface area contributed by atoms with E-state index in [1.807, 2.05) is 25.7 Å². The fraction of sp³-hybridized carbons (Fsp3) is 0.600. The fourth-order valence-electron chi connectivity index (χ4n) is 2.82. The van der Waals surface area contributed by atoms with Gasteiger partial charge in [0.1, 0.15) is 0 Å². The summed E-state index contributed by atoms with van der Waals surface area (Å²) in [7, 11) is 4.15. The summed E-state index contributed by atoms with van der Waals surface area (Å²) in [6, 6.07) is 0. The van der Waals surface area contributed by atoms with Crippen molar-refractivity contribution in [2.45, 2.75) is 72.6 Å². The van der Waals surface area contributed by atoms with Crippen LogP contribution >= 0.6 is 0 Å². The standard InChI is InChI=1S/C8H12N.C5H4.3C4H9.Fe.Sn/c1-9(2)7-8-5-3-4-6-8;1-2-4-5-3-1;3*1-3-4-2;;/h3-6H,7H2,1-2H3;1-4H;3*1,3-4H2,2H3;;/q;-1;;;;+2;+1. The van der Waals surface area contributed by atoms with Gasteiger partial charge >= 0.3 is 109 Å². The second kappa shape index (κ2) is 24.5. The minimum Gasteiger partial charge on any atom is -0.474 e. The molecule has 0 atom stereocenters. The Morgan fingerprint density at radius 2 is 1.18 bits per heavy atom. The summed E-state index contributed by atoms with van der Waals surface area (Å²) in [4.78, 5) is 2.16. The third-order valence-electron chi connectivity index (χ3n) is 4.38. The van der Waals surface area contributed by atoms with Crippen molar-refractivity contribution < 1.29 is 17.1 Å². The van der Waals surface area contributed by atoms with Gasteiger partial charge in [-0.05, 0) is 45.7 Å². The Bertz CT molecular complexity index is 249. The third kappa shape index (κ3) is 22.0. The van der Waals surface area contributed by atoms with Crippen LogP contribution in [0.5, 0.6) is 0 Å². The number of hydrogen-bond donors (Lipinski definition) is 0. The van der Waals surface area contributed by atoms with Gasteiger partial charge in [0.25, 0.3) is 0 Å². The van der Waals surface area contributed by atoms with Crippen LogP contribution in [-0.2, 0) is 17.1 Å². The normalized spacial score (nSPS) is 16.1. The zero-order valence-corrected chi connectivity index (χ0v) is 22.9. The summed E-state index contributed by atoms with van der Waals surface area (Å²) >= 11 is -0.839. The smallest absolute Gasteiger partial charge is 0.474 e. The molecule has 0 aliphatic heterocycles. The average molecular weight is 532 g/mol. The number of rotatable bonds is 11. The quantitative estimate of drug-likeness (QED) is 0.211. The van der Waals surface area contributed by atoms with Gasteiger partial charge in [-0.2, -0.15) is 0 Å². The molecule has 0 N–H and O–H groups in total. The predicted octanol–water partition coefficient (Wildman–Crippen LogP) is 6.73. The van der Waals surface area contributed by atoms with Crippen molar-refractivity contribution in [3.8, 4) is 0 Å². The maximum atomic E-state index is 2.86. The van der Waals surface area contributed by atoms with Gasteiger partial charge in [0.05, 0.1) is 0 Å². The molecule has 2 rings (SSSR count). The average Bonchev–Trinajstić information content (AvgIpc) is 3.38. The minimum absolute atomic E-state index is 0. The van der Waals surface area contributed by atoms with E-state index < -0.39 is 19.8 Å². The van der Waals surface area contributed by atoms with Crippen molar-refractivity contribution in [2.75, 3.05) is 20.6 Å². The molecule has 0 aromatic rings. The van der Waals surface area contributed by atoms with Gasteiger partial charge in [0.15, 0.2) is 0 Å². The molecule has 2 saturated carbocycles. The molecule has 0 aromatic heterocycles. The maximum absolute atomic E-state index is 2.86. The van der Waals surface area contributed by atoms with E-state index in [0.717, 1.165) is 6.54 Å². The summed E-state index contributed by atoms with van der Waals surface area (Å²) < 4.78 is 5.04. The number of unbranched alkanes of at least 4 members (excludes halogenated alkanes) is 3. The van der Waals surface area contributed by atoms with Gasteiger partial charge in [-0.1, -0.05) is 12.8 Å². The molecule has 2 aliphatic rings. The molecule has 0 spiro atoms. The first-order valence-corrected chi connectivity index (χ1v) is 17.0. The third-order valence-corrected chi connectivity index (χ3v) is 13.5. The zero-order valence-electron chi connectivity index (χ0n) is 19.0. The van der Waals surface area contributed by atoms with Crippen LogP contribution in [0.3, 0.4) is 0 Å². The second-order valence-corrected chi connectivity index (χ2v) is 16.0. The first-order chi connectivity index (χ1) is 13.1. The number of hydrogen-bond acceptors (Lipinski definition) is 1. The Labute approximate surface area is 197 Å². The Morgan fingerprint density at radius 1 is 0.750 bits per heavy atom. The van der Waals surface area contributed by atoms with E-state index in [2.05, 4.69) is 71.9 Å². The van der Waals surface area contributed by atoms with Crippen LogP contribution in [0.25, 0.3) is 0 Å². The van der Waals surface area contributed by atoms with Crippen molar-refractivity contribution in [1.82, 2.24) is 4.90 Å². The van der Waals surface area contributed by atoms with Gasteiger partial charge in [-0.3, -0.25) is 0 Å². The SMILES string of the molecule is CCC[CH2][Sn+]([CH2]CCC)[CH2]CCC.CN(C)C[C]1[CH][CH][CH][CH]1.[C-]1[CH][CH][CH][CH]1.[Fe+2]. The summed E-state index contributed by atoms with van der Waals surface area (Å²) in [5.74, 6) is 1.39. The Morgan fingerprint density at radius 3 is 1.46 bits per heavy atom. The molecule has 0 aromatic carbocycles. The second-order valence-electron chi connectivity index (χ2n) is 7.48. The van der Waals surface area contributed by atoms with Crippen molar-refractivity contribution >= 4 is 19.8 Å². The molecule has 158 valence electrons. The molecular formula is C25H43FeNSn+2. The Hall–Kier alpha value is 1.28. The van der Waals surface area contributed by atoms with E-state index in [4.69, 9.17) is 0 Å². The molecule has 2 aliphatic carbocycles. The molecule has 10 radical (unpaired) electrons. The fourth-order valence-corrected chi connectivity index (χ4v) is 12.3. The summed E-state index contributed by atoms with van der Waals surface area (Å²) in [6.45, 7) is 8.05. The molecular weight excluding hydrogens is 489 g/mol. The molecule has 0 bridgehead atoms. The van der Waals surface area contributed by atoms with Crippen LogP contribution in [0.15, 0.2) is 0 Å². The summed E-state index contributed by atoms with van der Waals surface area (Å²) in [5, 5.41) is 0. The van der Waals surface area contributed by atoms with E-state index in [0.29, 0.717) is 0 Å². The summed E-state index contributed by atoms with van der Waals surface area (Å²) in [5.41, 5.74) is 0. The van der Waals surface area contributed by atoms with Crippen LogP contribution in [-0.4, -0.2) is 45.3 Å². The van der Waals surface area contributed by atoms with Crippen LogP contribution in [0.2, 0.25) is 13.3 Å². The predicted molar refractivity (Wildman–Crippen MR) is 124 cm³/mol. The van der Waals surface area contributed by atoms with E-state index in [1.165, 1.54) is 44.4 Å². The largest absolute Gasteiger partial charge is 2.00 e. The molecule has 28 heavy (non-hydrogen) atoms. The van der Waals surface area contributed by atoms with E-state index in [9.17, 15) is 0 Å². The minimum atomic E-state index is -0.839. The Balaban J connectivity index is 0. The van der Waals surface area contributed by atoms with E-state index in [-0.39, 0.29) is 17.1 Å². The van der Waals surface area contributed by atoms with Crippen LogP contribution in [0.4, 0.5) is 0 Å². The van der Waals surface area contributed by atoms with Crippen molar-refractivity contribution in [1.29, 1.82) is 0 Å². The van der Waals surface area contributed by atoms with Gasteiger partial charge in [-0.15, -0.1) is 0 Å².